The fourth-order valence-corrected chi connectivity index (χ4v) is 1.43. The molecule has 9 nitrogen and oxygen atoms in total. The summed E-state index contributed by atoms with van der Waals surface area (Å²) in [6.45, 7) is -2.32. The zero-order valence-electron chi connectivity index (χ0n) is 11.2. The highest BCUT2D eigenvalue weighted by Gasteiger charge is 2.28. The van der Waals surface area contributed by atoms with Crippen molar-refractivity contribution in [1.82, 2.24) is 20.4 Å². The number of aromatic nitrogens is 2. The molecular formula is C11H9F3N4O5. The lowest BCUT2D eigenvalue weighted by Crippen LogP contribution is -2.45. The lowest BCUT2D eigenvalue weighted by molar-refractivity contribution is -0.125. The maximum Gasteiger partial charge on any atom is 0.437 e. The molecule has 2 N–H and O–H groups in total. The zero-order valence-corrected chi connectivity index (χ0v) is 11.2. The minimum Gasteiger partial charge on any atom is -0.459 e. The van der Waals surface area contributed by atoms with Crippen LogP contribution in [0.1, 0.15) is 0 Å². The summed E-state index contributed by atoms with van der Waals surface area (Å²) in [6.07, 6.45) is -3.30. The minimum atomic E-state index is -4.61. The SMILES string of the molecule is O=C(Cn1nc(-c2ccco2)oc1=O)NC(=O)NCC(F)(F)F. The molecule has 2 aromatic rings. The summed E-state index contributed by atoms with van der Waals surface area (Å²) < 4.78 is 45.9. The van der Waals surface area contributed by atoms with Crippen LogP contribution in [-0.2, 0) is 11.3 Å². The van der Waals surface area contributed by atoms with E-state index in [0.29, 0.717) is 4.68 Å². The average molecular weight is 334 g/mol. The first-order chi connectivity index (χ1) is 10.7. The highest BCUT2D eigenvalue weighted by Crippen LogP contribution is 2.14. The second-order valence-corrected chi connectivity index (χ2v) is 4.15. The van der Waals surface area contributed by atoms with Crippen molar-refractivity contribution < 1.29 is 31.6 Å². The molecule has 0 bridgehead atoms. The summed E-state index contributed by atoms with van der Waals surface area (Å²) in [7, 11) is 0. The Kier molecular flexibility index (Phi) is 4.52. The first kappa shape index (κ1) is 16.3. The van der Waals surface area contributed by atoms with E-state index in [4.69, 9.17) is 8.83 Å². The van der Waals surface area contributed by atoms with Gasteiger partial charge in [0, 0.05) is 0 Å². The fraction of sp³-hybridized carbons (Fsp3) is 0.273. The lowest BCUT2D eigenvalue weighted by atomic mass is 10.5. The molecule has 2 rings (SSSR count). The molecule has 0 aromatic carbocycles. The average Bonchev–Trinajstić information content (AvgIpc) is 3.06. The van der Waals surface area contributed by atoms with Gasteiger partial charge >= 0.3 is 18.0 Å². The Morgan fingerprint density at radius 2 is 2.09 bits per heavy atom. The molecule has 23 heavy (non-hydrogen) atoms. The van der Waals surface area contributed by atoms with Crippen LogP contribution < -0.4 is 16.4 Å². The van der Waals surface area contributed by atoms with Crippen LogP contribution in [0.3, 0.4) is 0 Å². The summed E-state index contributed by atoms with van der Waals surface area (Å²) in [6, 6.07) is 1.63. The second kappa shape index (κ2) is 6.37. The largest absolute Gasteiger partial charge is 0.459 e. The highest BCUT2D eigenvalue weighted by atomic mass is 19.4. The Bertz CT molecular complexity index is 747. The summed E-state index contributed by atoms with van der Waals surface area (Å²) >= 11 is 0. The van der Waals surface area contributed by atoms with Crippen LogP contribution in [0.15, 0.2) is 32.0 Å². The maximum atomic E-state index is 11.9. The Morgan fingerprint density at radius 3 is 2.70 bits per heavy atom. The third-order valence-electron chi connectivity index (χ3n) is 2.33. The van der Waals surface area contributed by atoms with Crippen LogP contribution >= 0.6 is 0 Å². The molecule has 0 atom stereocenters. The van der Waals surface area contributed by atoms with E-state index in [1.807, 2.05) is 0 Å². The number of carbonyl (C=O) groups is 2. The third-order valence-corrected chi connectivity index (χ3v) is 2.33. The molecule has 0 radical (unpaired) electrons. The molecule has 0 unspecified atom stereocenters. The number of nitrogens with one attached hydrogen (secondary N) is 2. The molecule has 2 aromatic heterocycles. The minimum absolute atomic E-state index is 0.143. The van der Waals surface area contributed by atoms with Gasteiger partial charge in [-0.1, -0.05) is 0 Å². The Morgan fingerprint density at radius 1 is 1.35 bits per heavy atom. The number of hydrogen-bond acceptors (Lipinski definition) is 6. The number of rotatable bonds is 4. The number of nitrogens with zero attached hydrogens (tertiary/aromatic N) is 2. The van der Waals surface area contributed by atoms with E-state index in [9.17, 15) is 27.6 Å². The fourth-order valence-electron chi connectivity index (χ4n) is 1.43. The maximum absolute atomic E-state index is 11.9. The van der Waals surface area contributed by atoms with Crippen molar-refractivity contribution >= 4 is 11.9 Å². The van der Waals surface area contributed by atoms with Gasteiger partial charge in [-0.05, 0) is 12.1 Å². The van der Waals surface area contributed by atoms with Crippen LogP contribution in [0.2, 0.25) is 0 Å². The normalized spacial score (nSPS) is 11.3. The molecule has 0 spiro atoms. The van der Waals surface area contributed by atoms with Crippen molar-refractivity contribution in [2.75, 3.05) is 6.54 Å². The van der Waals surface area contributed by atoms with Gasteiger partial charge < -0.3 is 14.2 Å². The molecular weight excluding hydrogens is 325 g/mol. The van der Waals surface area contributed by atoms with Crippen LogP contribution in [0.4, 0.5) is 18.0 Å². The van der Waals surface area contributed by atoms with Gasteiger partial charge in [0.05, 0.1) is 6.26 Å². The van der Waals surface area contributed by atoms with Crippen LogP contribution in [0.5, 0.6) is 0 Å². The number of hydrogen-bond donors (Lipinski definition) is 2. The van der Waals surface area contributed by atoms with E-state index in [1.54, 1.807) is 5.32 Å². The van der Waals surface area contributed by atoms with Crippen molar-refractivity contribution in [2.24, 2.45) is 0 Å². The Balaban J connectivity index is 1.93. The number of carbonyl (C=O) groups excluding carboxylic acids is 2. The molecule has 3 amide bonds. The molecule has 12 heteroatoms. The van der Waals surface area contributed by atoms with E-state index in [1.165, 1.54) is 23.7 Å². The standard InChI is InChI=1S/C11H9F3N4O5/c12-11(13,14)5-15-9(20)16-7(19)4-18-10(21)23-8(17-18)6-2-1-3-22-6/h1-3H,4-5H2,(H2,15,16,19,20). The van der Waals surface area contributed by atoms with Gasteiger partial charge in [0.1, 0.15) is 13.1 Å². The van der Waals surface area contributed by atoms with Crippen molar-refractivity contribution in [1.29, 1.82) is 0 Å². The van der Waals surface area contributed by atoms with E-state index in [2.05, 4.69) is 5.10 Å². The summed E-state index contributed by atoms with van der Waals surface area (Å²) in [5.74, 6) is -2.09. The molecule has 0 aliphatic carbocycles. The van der Waals surface area contributed by atoms with E-state index < -0.39 is 37.0 Å². The van der Waals surface area contributed by atoms with E-state index in [-0.39, 0.29) is 11.7 Å². The predicted octanol–water partition coefficient (Wildman–Crippen LogP) is 0.484. The molecule has 0 fully saturated rings. The first-order valence-corrected chi connectivity index (χ1v) is 6.01. The summed E-state index contributed by atoms with van der Waals surface area (Å²) in [4.78, 5) is 34.0. The molecule has 0 aliphatic heterocycles. The van der Waals surface area contributed by atoms with Gasteiger partial charge in [-0.15, -0.1) is 5.10 Å². The van der Waals surface area contributed by atoms with Crippen LogP contribution in [0, 0.1) is 0 Å². The molecule has 2 heterocycles. The molecule has 0 aliphatic rings. The second-order valence-electron chi connectivity index (χ2n) is 4.15. The van der Waals surface area contributed by atoms with Crippen molar-refractivity contribution in [3.8, 4) is 11.7 Å². The van der Waals surface area contributed by atoms with Gasteiger partial charge in [-0.2, -0.15) is 17.9 Å². The van der Waals surface area contributed by atoms with Gasteiger partial charge in [-0.25, -0.2) is 9.59 Å². The first-order valence-electron chi connectivity index (χ1n) is 6.01. The molecule has 124 valence electrons. The number of halogens is 3. The molecule has 0 saturated carbocycles. The van der Waals surface area contributed by atoms with Crippen molar-refractivity contribution in [2.45, 2.75) is 12.7 Å². The van der Waals surface area contributed by atoms with Crippen molar-refractivity contribution in [3.05, 3.63) is 28.9 Å². The predicted molar refractivity (Wildman–Crippen MR) is 66.1 cm³/mol. The van der Waals surface area contributed by atoms with Crippen LogP contribution in [0.25, 0.3) is 11.7 Å². The van der Waals surface area contributed by atoms with Gasteiger partial charge in [0.2, 0.25) is 5.91 Å². The number of furan rings is 1. The third kappa shape index (κ3) is 4.72. The summed E-state index contributed by atoms with van der Waals surface area (Å²) in [5.41, 5.74) is 0. The van der Waals surface area contributed by atoms with Gasteiger partial charge in [0.25, 0.3) is 5.89 Å². The van der Waals surface area contributed by atoms with E-state index in [0.717, 1.165) is 0 Å². The number of urea groups is 1. The number of imide groups is 1. The van der Waals surface area contributed by atoms with Crippen LogP contribution in [-0.4, -0.2) is 34.4 Å². The van der Waals surface area contributed by atoms with Crippen molar-refractivity contribution in [3.63, 3.8) is 0 Å². The number of alkyl halides is 3. The number of amides is 3. The highest BCUT2D eigenvalue weighted by molar-refractivity contribution is 5.94. The smallest absolute Gasteiger partial charge is 0.437 e. The van der Waals surface area contributed by atoms with Gasteiger partial charge in [0.15, 0.2) is 5.76 Å². The quantitative estimate of drug-likeness (QED) is 0.839. The Labute approximate surface area is 125 Å². The van der Waals surface area contributed by atoms with E-state index >= 15 is 0 Å². The Hall–Kier alpha value is -3.05. The lowest BCUT2D eigenvalue weighted by Gasteiger charge is -2.08. The zero-order chi connectivity index (χ0) is 17.0. The van der Waals surface area contributed by atoms with Gasteiger partial charge in [-0.3, -0.25) is 10.1 Å². The molecule has 0 saturated heterocycles. The topological polar surface area (TPSA) is 119 Å². The summed E-state index contributed by atoms with van der Waals surface area (Å²) in [5, 5.41) is 6.71. The monoisotopic (exact) mass is 334 g/mol.